The zero-order valence-electron chi connectivity index (χ0n) is 7.26. The summed E-state index contributed by atoms with van der Waals surface area (Å²) in [5.74, 6) is -1.15. The minimum absolute atomic E-state index is 0.384. The van der Waals surface area contributed by atoms with Crippen LogP contribution in [-0.4, -0.2) is 41.0 Å². The van der Waals surface area contributed by atoms with E-state index in [9.17, 15) is 13.2 Å². The second kappa shape index (κ2) is 2.81. The maximum Gasteiger partial charge on any atom is 0.315 e. The SMILES string of the molecule is FC1=NC2=NC(F)=NC3=NC(F)=NC(=N1)N23. The lowest BCUT2D eigenvalue weighted by atomic mass is 10.5. The first-order valence-corrected chi connectivity index (χ1v) is 3.92. The van der Waals surface area contributed by atoms with Crippen LogP contribution in [0.2, 0.25) is 0 Å². The van der Waals surface area contributed by atoms with Gasteiger partial charge in [-0.05, 0) is 0 Å². The Morgan fingerprint density at radius 2 is 0.875 bits per heavy atom. The number of aliphatic imine (C=N–C) groups is 6. The molecule has 0 saturated carbocycles. The topological polar surface area (TPSA) is 77.4 Å². The molecule has 16 heavy (non-hydrogen) atoms. The summed E-state index contributed by atoms with van der Waals surface area (Å²) < 4.78 is 38.6. The van der Waals surface area contributed by atoms with E-state index in [2.05, 4.69) is 30.0 Å². The maximum atomic E-state index is 12.9. The molecule has 0 radical (unpaired) electrons. The Kier molecular flexibility index (Phi) is 1.56. The van der Waals surface area contributed by atoms with Crippen LogP contribution in [-0.2, 0) is 0 Å². The number of nitrogens with zero attached hydrogens (tertiary/aromatic N) is 7. The van der Waals surface area contributed by atoms with Gasteiger partial charge in [0.05, 0.1) is 0 Å². The first-order valence-electron chi connectivity index (χ1n) is 3.92. The van der Waals surface area contributed by atoms with Gasteiger partial charge in [-0.3, -0.25) is 0 Å². The third kappa shape index (κ3) is 1.16. The molecule has 0 amide bonds. The van der Waals surface area contributed by atoms with Crippen molar-refractivity contribution in [1.82, 2.24) is 4.90 Å². The summed E-state index contributed by atoms with van der Waals surface area (Å²) in [6, 6.07) is 0. The zero-order chi connectivity index (χ0) is 11.3. The molecule has 0 aliphatic carbocycles. The molecular formula is C6F3N7. The molecule has 0 unspecified atom stereocenters. The van der Waals surface area contributed by atoms with E-state index in [1.165, 1.54) is 0 Å². The molecule has 0 aromatic heterocycles. The molecule has 3 rings (SSSR count). The molecule has 10 heteroatoms. The summed E-state index contributed by atoms with van der Waals surface area (Å²) >= 11 is 0. The van der Waals surface area contributed by atoms with E-state index in [1.807, 2.05) is 0 Å². The Labute approximate surface area is 85.2 Å². The zero-order valence-corrected chi connectivity index (χ0v) is 7.26. The molecule has 0 spiro atoms. The fraction of sp³-hybridized carbons (Fsp3) is 0. The van der Waals surface area contributed by atoms with Gasteiger partial charge in [-0.1, -0.05) is 0 Å². The van der Waals surface area contributed by atoms with Gasteiger partial charge in [0.25, 0.3) is 0 Å². The monoisotopic (exact) mass is 227 g/mol. The molecule has 7 nitrogen and oxygen atoms in total. The van der Waals surface area contributed by atoms with E-state index in [1.54, 1.807) is 0 Å². The fourth-order valence-electron chi connectivity index (χ4n) is 1.21. The highest BCUT2D eigenvalue weighted by atomic mass is 19.1. The van der Waals surface area contributed by atoms with Crippen LogP contribution >= 0.6 is 0 Å². The van der Waals surface area contributed by atoms with Crippen molar-refractivity contribution in [3.63, 3.8) is 0 Å². The average Bonchev–Trinajstić information content (AvgIpc) is 2.14. The summed E-state index contributed by atoms with van der Waals surface area (Å²) in [7, 11) is 0. The van der Waals surface area contributed by atoms with E-state index in [4.69, 9.17) is 0 Å². The van der Waals surface area contributed by atoms with Crippen molar-refractivity contribution in [2.45, 2.75) is 0 Å². The van der Waals surface area contributed by atoms with Gasteiger partial charge in [0.2, 0.25) is 17.9 Å². The molecule has 0 N–H and O–H groups in total. The number of hydrogen-bond donors (Lipinski definition) is 0. The van der Waals surface area contributed by atoms with E-state index in [0.29, 0.717) is 0 Å². The van der Waals surface area contributed by atoms with Crippen molar-refractivity contribution in [2.75, 3.05) is 0 Å². The molecule has 0 bridgehead atoms. The third-order valence-corrected chi connectivity index (χ3v) is 1.75. The fourth-order valence-corrected chi connectivity index (χ4v) is 1.21. The first-order chi connectivity index (χ1) is 7.63. The minimum Gasteiger partial charge on any atom is -0.212 e. The molecule has 0 atom stereocenters. The van der Waals surface area contributed by atoms with Crippen molar-refractivity contribution < 1.29 is 13.2 Å². The van der Waals surface area contributed by atoms with Crippen molar-refractivity contribution in [1.29, 1.82) is 0 Å². The standard InChI is InChI=1S/C6F3N7/c7-1-10-4-12-2(8)14-6-15-3(9)13-5(11-1)16(4)6. The molecule has 0 aromatic carbocycles. The van der Waals surface area contributed by atoms with Crippen molar-refractivity contribution in [3.05, 3.63) is 0 Å². The highest BCUT2D eigenvalue weighted by molar-refractivity contribution is 6.28. The maximum absolute atomic E-state index is 12.9. The Morgan fingerprint density at radius 1 is 0.562 bits per heavy atom. The predicted molar refractivity (Wildman–Crippen MR) is 49.8 cm³/mol. The second-order valence-corrected chi connectivity index (χ2v) is 2.71. The lowest BCUT2D eigenvalue weighted by Gasteiger charge is -2.26. The van der Waals surface area contributed by atoms with Gasteiger partial charge in [-0.2, -0.15) is 43.1 Å². The summed E-state index contributed by atoms with van der Waals surface area (Å²) in [5, 5.41) is 0. The summed E-state index contributed by atoms with van der Waals surface area (Å²) in [6.45, 7) is 0. The molecule has 3 aliphatic heterocycles. The summed E-state index contributed by atoms with van der Waals surface area (Å²) in [5.41, 5.74) is 0. The second-order valence-electron chi connectivity index (χ2n) is 2.71. The Hall–Kier alpha value is -2.39. The number of amidine groups is 3. The lowest BCUT2D eigenvalue weighted by Crippen LogP contribution is -2.46. The molecule has 3 aliphatic rings. The smallest absolute Gasteiger partial charge is 0.212 e. The minimum atomic E-state index is -1.20. The van der Waals surface area contributed by atoms with Gasteiger partial charge in [-0.15, -0.1) is 0 Å². The molecule has 0 saturated heterocycles. The van der Waals surface area contributed by atoms with Crippen molar-refractivity contribution in [3.8, 4) is 0 Å². The highest BCUT2D eigenvalue weighted by Gasteiger charge is 2.35. The number of hydrogen-bond acceptors (Lipinski definition) is 7. The van der Waals surface area contributed by atoms with Crippen LogP contribution in [0, 0.1) is 0 Å². The van der Waals surface area contributed by atoms with Gasteiger partial charge < -0.3 is 0 Å². The van der Waals surface area contributed by atoms with Crippen LogP contribution in [0.4, 0.5) is 13.2 Å². The summed E-state index contributed by atoms with van der Waals surface area (Å²) in [4.78, 5) is 20.2. The lowest BCUT2D eigenvalue weighted by molar-refractivity contribution is 0.715. The number of guanidine groups is 3. The predicted octanol–water partition coefficient (Wildman–Crippen LogP) is 0.374. The average molecular weight is 227 g/mol. The first kappa shape index (κ1) is 8.88. The van der Waals surface area contributed by atoms with Crippen LogP contribution < -0.4 is 0 Å². The van der Waals surface area contributed by atoms with E-state index < -0.39 is 18.3 Å². The van der Waals surface area contributed by atoms with Crippen LogP contribution in [0.1, 0.15) is 0 Å². The molecule has 0 aromatic rings. The Morgan fingerprint density at radius 3 is 1.19 bits per heavy atom. The Balaban J connectivity index is 2.24. The number of rotatable bonds is 0. The normalized spacial score (nSPS) is 22.3. The quantitative estimate of drug-likeness (QED) is 0.551. The van der Waals surface area contributed by atoms with Gasteiger partial charge >= 0.3 is 18.3 Å². The van der Waals surface area contributed by atoms with Gasteiger partial charge in [0.15, 0.2) is 0 Å². The Bertz CT molecular complexity index is 486. The van der Waals surface area contributed by atoms with Gasteiger partial charge in [-0.25, -0.2) is 4.90 Å². The molecule has 80 valence electrons. The van der Waals surface area contributed by atoms with E-state index in [-0.39, 0.29) is 17.9 Å². The van der Waals surface area contributed by atoms with Crippen molar-refractivity contribution >= 4 is 36.1 Å². The largest absolute Gasteiger partial charge is 0.315 e. The van der Waals surface area contributed by atoms with Crippen LogP contribution in [0.5, 0.6) is 0 Å². The van der Waals surface area contributed by atoms with E-state index in [0.717, 1.165) is 4.90 Å². The van der Waals surface area contributed by atoms with Crippen LogP contribution in [0.3, 0.4) is 0 Å². The highest BCUT2D eigenvalue weighted by Crippen LogP contribution is 2.17. The molecule has 0 fully saturated rings. The third-order valence-electron chi connectivity index (χ3n) is 1.75. The molecule has 3 heterocycles. The van der Waals surface area contributed by atoms with Crippen molar-refractivity contribution in [2.24, 2.45) is 30.0 Å². The number of halogens is 3. The van der Waals surface area contributed by atoms with Crippen LogP contribution in [0.25, 0.3) is 0 Å². The van der Waals surface area contributed by atoms with Gasteiger partial charge in [0.1, 0.15) is 0 Å². The van der Waals surface area contributed by atoms with Gasteiger partial charge in [0, 0.05) is 0 Å². The molecular weight excluding hydrogens is 227 g/mol. The summed E-state index contributed by atoms with van der Waals surface area (Å²) in [6.07, 6.45) is -3.59. The van der Waals surface area contributed by atoms with E-state index >= 15 is 0 Å². The van der Waals surface area contributed by atoms with Crippen LogP contribution in [0.15, 0.2) is 30.0 Å².